The van der Waals surface area contributed by atoms with Gasteiger partial charge in [0.15, 0.2) is 0 Å². The molecule has 0 heterocycles. The first-order valence-corrected chi connectivity index (χ1v) is 19.0. The molecule has 0 aliphatic rings. The fraction of sp³-hybridized carbons (Fsp3) is 0.190. The molecule has 0 saturated heterocycles. The third kappa shape index (κ3) is 12.7. The van der Waals surface area contributed by atoms with E-state index in [9.17, 15) is 0 Å². The molecule has 6 aromatic rings. The molecule has 44 heavy (non-hydrogen) atoms. The molecular weight excluding hydrogens is 624 g/mol. The molecule has 0 unspecified atom stereocenters. The number of unbranched alkanes of at least 4 members (excludes halogenated alkanes) is 2. The Morgan fingerprint density at radius 1 is 0.545 bits per heavy atom. The molecule has 2 heteroatoms. The summed E-state index contributed by atoms with van der Waals surface area (Å²) in [7, 11) is 0. The Balaban J connectivity index is 0.000000628. The van der Waals surface area contributed by atoms with E-state index in [-0.39, 0.29) is 14.9 Å². The average molecular weight is 674 g/mol. The molecule has 0 fully saturated rings. The van der Waals surface area contributed by atoms with Gasteiger partial charge in [0.25, 0.3) is 0 Å². The maximum absolute atomic E-state index is 3.60. The second-order valence-electron chi connectivity index (χ2n) is 10.1. The summed E-state index contributed by atoms with van der Waals surface area (Å²) in [5.41, 5.74) is 7.89. The predicted molar refractivity (Wildman–Crippen MR) is 199 cm³/mol. The van der Waals surface area contributed by atoms with Crippen molar-refractivity contribution in [3.8, 4) is 22.3 Å². The summed E-state index contributed by atoms with van der Waals surface area (Å²) in [6.45, 7) is 18.8. The van der Waals surface area contributed by atoms with Gasteiger partial charge in [-0.25, -0.2) is 0 Å². The maximum atomic E-state index is 3.60. The number of hydrogen-bond acceptors (Lipinski definition) is 0. The van der Waals surface area contributed by atoms with Gasteiger partial charge in [-0.05, 0) is 11.1 Å². The van der Waals surface area contributed by atoms with Gasteiger partial charge < -0.3 is 28.7 Å². The number of benzene rings is 4. The molecule has 2 radical (unpaired) electrons. The summed E-state index contributed by atoms with van der Waals surface area (Å²) < 4.78 is 0. The summed E-state index contributed by atoms with van der Waals surface area (Å²) in [4.78, 5) is 0. The van der Waals surface area contributed by atoms with Crippen LogP contribution in [0.1, 0.15) is 50.7 Å². The molecule has 0 spiro atoms. The van der Waals surface area contributed by atoms with Crippen molar-refractivity contribution < 1.29 is 23.3 Å². The van der Waals surface area contributed by atoms with E-state index < -0.39 is 0 Å². The summed E-state index contributed by atoms with van der Waals surface area (Å²) in [6, 6.07) is 43.1. The van der Waals surface area contributed by atoms with Crippen LogP contribution in [0.2, 0.25) is 0 Å². The SMILES string of the molecule is Cc1cc2c(-c3ccccc3)cccc2[cH-]1.Cc1cc2c(-c3ccccc3)cccc2[cH-]1.[CH2-]CCC.[CH2-]CCC.[CH3-].[CH3-].[Si]=[Zr]. The monoisotopic (exact) mass is 672 g/mol. The molecule has 6 aromatic carbocycles. The van der Waals surface area contributed by atoms with Crippen LogP contribution in [0.15, 0.2) is 121 Å². The molecule has 0 atom stereocenters. The van der Waals surface area contributed by atoms with E-state index in [4.69, 9.17) is 0 Å². The average Bonchev–Trinajstić information content (AvgIpc) is 3.64. The zero-order chi connectivity index (χ0) is 30.7. The van der Waals surface area contributed by atoms with Crippen molar-refractivity contribution in [2.45, 2.75) is 53.4 Å². The minimum atomic E-state index is 0. The van der Waals surface area contributed by atoms with Crippen LogP contribution in [0.25, 0.3) is 43.8 Å². The molecular formula is C42H50SiZr-6. The first kappa shape index (κ1) is 41.2. The van der Waals surface area contributed by atoms with E-state index >= 15 is 0 Å². The van der Waals surface area contributed by atoms with E-state index in [0.717, 1.165) is 12.8 Å². The molecule has 0 bridgehead atoms. The van der Waals surface area contributed by atoms with Gasteiger partial charge in [0.05, 0.1) is 0 Å². The summed E-state index contributed by atoms with van der Waals surface area (Å²) in [6.07, 6.45) is 4.56. The van der Waals surface area contributed by atoms with Crippen LogP contribution >= 0.6 is 0 Å². The Bertz CT molecular complexity index is 1430. The second kappa shape index (κ2) is 23.6. The van der Waals surface area contributed by atoms with Gasteiger partial charge in [0, 0.05) is 0 Å². The fourth-order valence-electron chi connectivity index (χ4n) is 4.51. The van der Waals surface area contributed by atoms with Crippen molar-refractivity contribution >= 4 is 28.4 Å². The normalized spacial score (nSPS) is 9.30. The number of aryl methyl sites for hydroxylation is 2. The summed E-state index contributed by atoms with van der Waals surface area (Å²) >= 11 is 1.36. The molecule has 0 saturated carbocycles. The van der Waals surface area contributed by atoms with Gasteiger partial charge >= 0.3 is 30.2 Å². The van der Waals surface area contributed by atoms with Crippen LogP contribution in [0.4, 0.5) is 0 Å². The van der Waals surface area contributed by atoms with Gasteiger partial charge in [-0.2, -0.15) is 25.0 Å². The fourth-order valence-corrected chi connectivity index (χ4v) is 4.51. The Labute approximate surface area is 286 Å². The van der Waals surface area contributed by atoms with E-state index in [1.54, 1.807) is 0 Å². The molecule has 0 amide bonds. The Morgan fingerprint density at radius 3 is 1.16 bits per heavy atom. The second-order valence-corrected chi connectivity index (χ2v) is 10.1. The molecule has 0 aliphatic heterocycles. The quantitative estimate of drug-likeness (QED) is 0.129. The zero-order valence-corrected chi connectivity index (χ0v) is 31.2. The van der Waals surface area contributed by atoms with E-state index in [1.165, 1.54) is 91.1 Å². The molecule has 0 aromatic heterocycles. The van der Waals surface area contributed by atoms with Crippen molar-refractivity contribution in [2.75, 3.05) is 0 Å². The third-order valence-corrected chi connectivity index (χ3v) is 6.67. The van der Waals surface area contributed by atoms with Crippen LogP contribution in [-0.4, -0.2) is 6.88 Å². The zero-order valence-electron chi connectivity index (χ0n) is 27.8. The van der Waals surface area contributed by atoms with Crippen LogP contribution in [0.3, 0.4) is 0 Å². The van der Waals surface area contributed by atoms with Gasteiger partial charge in [0.1, 0.15) is 0 Å². The van der Waals surface area contributed by atoms with Gasteiger partial charge in [-0.15, -0.1) is 69.1 Å². The summed E-state index contributed by atoms with van der Waals surface area (Å²) in [5.74, 6) is 0. The van der Waals surface area contributed by atoms with E-state index in [2.05, 4.69) is 170 Å². The van der Waals surface area contributed by atoms with Crippen molar-refractivity contribution in [1.82, 2.24) is 0 Å². The predicted octanol–water partition coefficient (Wildman–Crippen LogP) is 12.8. The van der Waals surface area contributed by atoms with E-state index in [0.29, 0.717) is 0 Å². The van der Waals surface area contributed by atoms with Crippen LogP contribution in [0.5, 0.6) is 0 Å². The van der Waals surface area contributed by atoms with Crippen molar-refractivity contribution in [3.63, 3.8) is 0 Å². The standard InChI is InChI=1S/2C16H13.2C4H9.2CH3.Si.Zr/c2*1-12-10-14-8-5-9-15(16(14)11-12)13-6-3-2-4-7-13;2*1-3-4-2;;;;/h2*2-11H,1H3;2*1,3-4H2,2H3;2*1H3;;/q6*-1;;. The topological polar surface area (TPSA) is 0 Å². The van der Waals surface area contributed by atoms with Gasteiger partial charge in [-0.1, -0.05) is 124 Å². The molecule has 0 aliphatic carbocycles. The molecule has 0 nitrogen and oxygen atoms in total. The molecule has 232 valence electrons. The Morgan fingerprint density at radius 2 is 0.864 bits per heavy atom. The third-order valence-electron chi connectivity index (χ3n) is 6.67. The first-order valence-electron chi connectivity index (χ1n) is 14.8. The molecule has 0 N–H and O–H groups in total. The first-order chi connectivity index (χ1) is 20.5. The van der Waals surface area contributed by atoms with Gasteiger partial charge in [0.2, 0.25) is 0 Å². The van der Waals surface area contributed by atoms with Crippen molar-refractivity contribution in [1.29, 1.82) is 0 Å². The van der Waals surface area contributed by atoms with Crippen LogP contribution in [-0.2, 0) is 23.3 Å². The van der Waals surface area contributed by atoms with Crippen molar-refractivity contribution in [3.05, 3.63) is 161 Å². The van der Waals surface area contributed by atoms with E-state index in [1.807, 2.05) is 0 Å². The minimum absolute atomic E-state index is 0. The van der Waals surface area contributed by atoms with Gasteiger partial charge in [-0.3, -0.25) is 0 Å². The van der Waals surface area contributed by atoms with Crippen LogP contribution in [0, 0.1) is 42.5 Å². The number of rotatable bonds is 4. The number of fused-ring (bicyclic) bond motifs is 2. The molecule has 6 rings (SSSR count). The Kier molecular flexibility index (Phi) is 22.1. The summed E-state index contributed by atoms with van der Waals surface area (Å²) in [5, 5.41) is 5.37. The van der Waals surface area contributed by atoms with Crippen molar-refractivity contribution in [2.24, 2.45) is 0 Å². The number of hydrogen-bond donors (Lipinski definition) is 0. The Hall–Kier alpha value is -2.80. The van der Waals surface area contributed by atoms with Crippen LogP contribution < -0.4 is 0 Å².